The van der Waals surface area contributed by atoms with Crippen LogP contribution < -0.4 is 4.31 Å². The molecule has 1 aromatic carbocycles. The highest BCUT2D eigenvalue weighted by Crippen LogP contribution is 2.21. The molecule has 5 nitrogen and oxygen atoms in total. The second-order valence-corrected chi connectivity index (χ2v) is 8.55. The third-order valence-electron chi connectivity index (χ3n) is 4.23. The highest BCUT2D eigenvalue weighted by Gasteiger charge is 2.19. The molecule has 1 aromatic rings. The third-order valence-corrected chi connectivity index (χ3v) is 5.67. The molecule has 0 N–H and O–H groups in total. The van der Waals surface area contributed by atoms with Crippen molar-refractivity contribution in [1.29, 1.82) is 0 Å². The smallest absolute Gasteiger partial charge is 0.232 e. The summed E-state index contributed by atoms with van der Waals surface area (Å²) in [6.07, 6.45) is 6.55. The summed E-state index contributed by atoms with van der Waals surface area (Å²) in [4.78, 5) is 14.2. The zero-order valence-electron chi connectivity index (χ0n) is 14.1. The Balaban J connectivity index is 1.93. The highest BCUT2D eigenvalue weighted by atomic mass is 35.5. The highest BCUT2D eigenvalue weighted by molar-refractivity contribution is 7.92. The van der Waals surface area contributed by atoms with Gasteiger partial charge in [0.15, 0.2) is 0 Å². The van der Waals surface area contributed by atoms with Crippen molar-refractivity contribution >= 4 is 33.2 Å². The molecular weight excluding hydrogens is 348 g/mol. The van der Waals surface area contributed by atoms with Gasteiger partial charge in [0, 0.05) is 31.1 Å². The van der Waals surface area contributed by atoms with Crippen molar-refractivity contribution in [1.82, 2.24) is 4.90 Å². The van der Waals surface area contributed by atoms with E-state index in [0.29, 0.717) is 30.1 Å². The summed E-state index contributed by atoms with van der Waals surface area (Å²) in [6.45, 7) is 1.94. The Hall–Kier alpha value is -1.27. The monoisotopic (exact) mass is 372 g/mol. The van der Waals surface area contributed by atoms with Crippen LogP contribution in [0, 0.1) is 0 Å². The molecule has 0 unspecified atom stereocenters. The first kappa shape index (κ1) is 19.1. The van der Waals surface area contributed by atoms with Crippen molar-refractivity contribution < 1.29 is 13.2 Å². The molecule has 0 atom stereocenters. The fourth-order valence-electron chi connectivity index (χ4n) is 2.95. The van der Waals surface area contributed by atoms with Gasteiger partial charge in [-0.25, -0.2) is 8.42 Å². The first-order chi connectivity index (χ1) is 11.4. The summed E-state index contributed by atoms with van der Waals surface area (Å²) in [5, 5.41) is 0.559. The first-order valence-electron chi connectivity index (χ1n) is 8.39. The minimum absolute atomic E-state index is 0.126. The van der Waals surface area contributed by atoms with Crippen LogP contribution in [0.4, 0.5) is 5.69 Å². The Morgan fingerprint density at radius 1 is 1.12 bits per heavy atom. The van der Waals surface area contributed by atoms with Crippen molar-refractivity contribution in [3.05, 3.63) is 29.3 Å². The third kappa shape index (κ3) is 5.67. The van der Waals surface area contributed by atoms with Crippen molar-refractivity contribution in [2.45, 2.75) is 38.5 Å². The molecule has 0 bridgehead atoms. The quantitative estimate of drug-likeness (QED) is 0.769. The van der Waals surface area contributed by atoms with E-state index in [4.69, 9.17) is 11.6 Å². The van der Waals surface area contributed by atoms with E-state index >= 15 is 0 Å². The van der Waals surface area contributed by atoms with Gasteiger partial charge in [-0.3, -0.25) is 9.10 Å². The molecule has 0 spiro atoms. The lowest BCUT2D eigenvalue weighted by molar-refractivity contribution is -0.131. The lowest BCUT2D eigenvalue weighted by Gasteiger charge is -2.24. The first-order valence-corrected chi connectivity index (χ1v) is 10.6. The summed E-state index contributed by atoms with van der Waals surface area (Å²) in [7, 11) is -3.39. The number of benzene rings is 1. The standard InChI is InChI=1S/C17H25ClN2O3S/c1-24(22,23)20(16-10-8-15(18)9-11-16)14-6-7-17(21)19-12-4-2-3-5-13-19/h8-11H,2-7,12-14H2,1H3. The van der Waals surface area contributed by atoms with Crippen LogP contribution in [0.3, 0.4) is 0 Å². The van der Waals surface area contributed by atoms with Gasteiger partial charge >= 0.3 is 0 Å². The van der Waals surface area contributed by atoms with E-state index in [9.17, 15) is 13.2 Å². The van der Waals surface area contributed by atoms with Gasteiger partial charge in [-0.1, -0.05) is 24.4 Å². The summed E-state index contributed by atoms with van der Waals surface area (Å²) in [5.74, 6) is 0.126. The van der Waals surface area contributed by atoms with Crippen molar-refractivity contribution in [2.75, 3.05) is 30.2 Å². The molecule has 0 saturated carbocycles. The fourth-order valence-corrected chi connectivity index (χ4v) is 4.04. The minimum atomic E-state index is -3.39. The van der Waals surface area contributed by atoms with E-state index in [1.807, 2.05) is 4.90 Å². The summed E-state index contributed by atoms with van der Waals surface area (Å²) < 4.78 is 25.4. The lowest BCUT2D eigenvalue weighted by Crippen LogP contribution is -2.34. The molecule has 0 aromatic heterocycles. The number of hydrogen-bond acceptors (Lipinski definition) is 3. The number of halogens is 1. The normalized spacial score (nSPS) is 15.8. The number of nitrogens with zero attached hydrogens (tertiary/aromatic N) is 2. The molecule has 1 amide bonds. The number of carbonyl (C=O) groups excluding carboxylic acids is 1. The van der Waals surface area contributed by atoms with E-state index < -0.39 is 10.0 Å². The van der Waals surface area contributed by atoms with Gasteiger partial charge in [0.05, 0.1) is 11.9 Å². The molecule has 7 heteroatoms. The maximum atomic E-state index is 12.3. The number of anilines is 1. The average molecular weight is 373 g/mol. The van der Waals surface area contributed by atoms with Crippen LogP contribution in [0.5, 0.6) is 0 Å². The van der Waals surface area contributed by atoms with Crippen LogP contribution in [-0.2, 0) is 14.8 Å². The predicted octanol–water partition coefficient (Wildman–Crippen LogP) is 3.29. The second-order valence-electron chi connectivity index (χ2n) is 6.21. The van der Waals surface area contributed by atoms with E-state index in [-0.39, 0.29) is 5.91 Å². The van der Waals surface area contributed by atoms with E-state index in [1.54, 1.807) is 24.3 Å². The SMILES string of the molecule is CS(=O)(=O)N(CCCC(=O)N1CCCCCC1)c1ccc(Cl)cc1. The van der Waals surface area contributed by atoms with Crippen LogP contribution in [0.25, 0.3) is 0 Å². The molecule has 134 valence electrons. The Kier molecular flexibility index (Phi) is 6.92. The molecule has 2 rings (SSSR count). The van der Waals surface area contributed by atoms with E-state index in [1.165, 1.54) is 23.4 Å². The Morgan fingerprint density at radius 2 is 1.71 bits per heavy atom. The van der Waals surface area contributed by atoms with Crippen molar-refractivity contribution in [3.63, 3.8) is 0 Å². The Labute approximate surface area is 149 Å². The van der Waals surface area contributed by atoms with E-state index in [0.717, 1.165) is 25.9 Å². The van der Waals surface area contributed by atoms with Gasteiger partial charge in [0.2, 0.25) is 15.9 Å². The van der Waals surface area contributed by atoms with Gasteiger partial charge in [0.1, 0.15) is 0 Å². The molecule has 24 heavy (non-hydrogen) atoms. The maximum absolute atomic E-state index is 12.3. The van der Waals surface area contributed by atoms with Crippen LogP contribution in [0.2, 0.25) is 5.02 Å². The number of amides is 1. The van der Waals surface area contributed by atoms with Crippen molar-refractivity contribution in [2.24, 2.45) is 0 Å². The topological polar surface area (TPSA) is 57.7 Å². The van der Waals surface area contributed by atoms with Crippen LogP contribution >= 0.6 is 11.6 Å². The number of sulfonamides is 1. The summed E-state index contributed by atoms with van der Waals surface area (Å²) in [6, 6.07) is 6.69. The molecule has 0 aliphatic carbocycles. The van der Waals surface area contributed by atoms with Gasteiger partial charge in [-0.15, -0.1) is 0 Å². The molecule has 1 fully saturated rings. The van der Waals surface area contributed by atoms with Crippen LogP contribution in [0.15, 0.2) is 24.3 Å². The lowest BCUT2D eigenvalue weighted by atomic mass is 10.2. The van der Waals surface area contributed by atoms with E-state index in [2.05, 4.69) is 0 Å². The fraction of sp³-hybridized carbons (Fsp3) is 0.588. The molecule has 0 radical (unpaired) electrons. The maximum Gasteiger partial charge on any atom is 0.232 e. The van der Waals surface area contributed by atoms with Crippen LogP contribution in [0.1, 0.15) is 38.5 Å². The molecule has 1 heterocycles. The largest absolute Gasteiger partial charge is 0.343 e. The average Bonchev–Trinajstić information content (AvgIpc) is 2.80. The number of hydrogen-bond donors (Lipinski definition) is 0. The molecule has 1 saturated heterocycles. The molecule has 1 aliphatic rings. The predicted molar refractivity (Wildman–Crippen MR) is 97.9 cm³/mol. The van der Waals surface area contributed by atoms with Gasteiger partial charge < -0.3 is 4.90 Å². The zero-order valence-corrected chi connectivity index (χ0v) is 15.7. The minimum Gasteiger partial charge on any atom is -0.343 e. The zero-order chi connectivity index (χ0) is 17.6. The van der Waals surface area contributed by atoms with Gasteiger partial charge in [-0.05, 0) is 43.5 Å². The number of likely N-dealkylation sites (tertiary alicyclic amines) is 1. The molecular formula is C17H25ClN2O3S. The second kappa shape index (κ2) is 8.72. The van der Waals surface area contributed by atoms with Gasteiger partial charge in [0.25, 0.3) is 0 Å². The number of carbonyl (C=O) groups is 1. The molecule has 1 aliphatic heterocycles. The summed E-state index contributed by atoms with van der Waals surface area (Å²) >= 11 is 5.86. The van der Waals surface area contributed by atoms with Gasteiger partial charge in [-0.2, -0.15) is 0 Å². The van der Waals surface area contributed by atoms with Crippen LogP contribution in [-0.4, -0.2) is 45.1 Å². The number of rotatable bonds is 6. The van der Waals surface area contributed by atoms with Crippen molar-refractivity contribution in [3.8, 4) is 0 Å². The Morgan fingerprint density at radius 3 is 2.25 bits per heavy atom. The Bertz CT molecular complexity index is 638. The summed E-state index contributed by atoms with van der Waals surface area (Å²) in [5.41, 5.74) is 0.573.